The Morgan fingerprint density at radius 3 is 2.25 bits per heavy atom. The molecule has 0 N–H and O–H groups in total. The highest BCUT2D eigenvalue weighted by Gasteiger charge is 2.41. The lowest BCUT2D eigenvalue weighted by atomic mass is 9.96. The number of carbonyl (C=O) groups excluding carboxylic acids is 1. The van der Waals surface area contributed by atoms with Gasteiger partial charge in [0, 0.05) is 49.9 Å². The Morgan fingerprint density at radius 1 is 1.03 bits per heavy atom. The van der Waals surface area contributed by atoms with E-state index in [9.17, 15) is 17.6 Å². The minimum atomic E-state index is -3.54. The number of rotatable bonds is 8. The first-order valence-corrected chi connectivity index (χ1v) is 14.5. The van der Waals surface area contributed by atoms with Crippen LogP contribution in [0.25, 0.3) is 0 Å². The Morgan fingerprint density at radius 2 is 1.67 bits per heavy atom. The monoisotopic (exact) mass is 515 g/mol. The lowest BCUT2D eigenvalue weighted by Crippen LogP contribution is -2.51. The molecule has 2 fully saturated rings. The van der Waals surface area contributed by atoms with Crippen LogP contribution in [0.3, 0.4) is 0 Å². The van der Waals surface area contributed by atoms with Gasteiger partial charge in [-0.05, 0) is 81.8 Å². The van der Waals surface area contributed by atoms with Gasteiger partial charge in [-0.1, -0.05) is 25.1 Å². The van der Waals surface area contributed by atoms with Crippen molar-refractivity contribution in [2.24, 2.45) is 0 Å². The third-order valence-electron chi connectivity index (χ3n) is 7.87. The molecule has 2 aromatic rings. The van der Waals surface area contributed by atoms with Crippen molar-refractivity contribution in [1.82, 2.24) is 9.21 Å². The predicted molar refractivity (Wildman–Crippen MR) is 141 cm³/mol. The van der Waals surface area contributed by atoms with Crippen molar-refractivity contribution in [3.63, 3.8) is 0 Å². The number of anilines is 1. The molecular weight excluding hydrogens is 477 g/mol. The average molecular weight is 516 g/mol. The summed E-state index contributed by atoms with van der Waals surface area (Å²) in [5.74, 6) is -0.346. The van der Waals surface area contributed by atoms with Crippen LogP contribution in [-0.2, 0) is 14.8 Å². The molecule has 0 aliphatic carbocycles. The number of halogens is 1. The van der Waals surface area contributed by atoms with Crippen LogP contribution in [0.15, 0.2) is 59.5 Å². The van der Waals surface area contributed by atoms with E-state index in [2.05, 4.69) is 11.8 Å². The number of benzene rings is 2. The molecule has 8 heteroatoms. The summed E-state index contributed by atoms with van der Waals surface area (Å²) < 4.78 is 42.1. The van der Waals surface area contributed by atoms with Crippen molar-refractivity contribution in [2.45, 2.75) is 88.4 Å². The molecule has 0 bridgehead atoms. The smallest absolute Gasteiger partial charge is 0.243 e. The summed E-state index contributed by atoms with van der Waals surface area (Å²) in [6, 6.07) is 15.2. The zero-order valence-electron chi connectivity index (χ0n) is 21.5. The Balaban J connectivity index is 1.43. The number of nitrogens with zero attached hydrogens (tertiary/aromatic N) is 3. The molecule has 2 aromatic carbocycles. The molecule has 2 aliphatic heterocycles. The van der Waals surface area contributed by atoms with Gasteiger partial charge >= 0.3 is 0 Å². The van der Waals surface area contributed by atoms with Crippen LogP contribution in [0.2, 0.25) is 0 Å². The minimum absolute atomic E-state index is 0.0108. The second-order valence-corrected chi connectivity index (χ2v) is 12.0. The average Bonchev–Trinajstić information content (AvgIpc) is 3.25. The zero-order valence-corrected chi connectivity index (χ0v) is 22.3. The van der Waals surface area contributed by atoms with Crippen molar-refractivity contribution >= 4 is 21.6 Å². The van der Waals surface area contributed by atoms with E-state index in [0.29, 0.717) is 4.90 Å². The van der Waals surface area contributed by atoms with Crippen LogP contribution >= 0.6 is 0 Å². The second-order valence-electron chi connectivity index (χ2n) is 10.2. The van der Waals surface area contributed by atoms with Gasteiger partial charge in [0.1, 0.15) is 5.82 Å². The highest BCUT2D eigenvalue weighted by molar-refractivity contribution is 7.89. The van der Waals surface area contributed by atoms with E-state index in [4.69, 9.17) is 0 Å². The number of carbonyl (C=O) groups is 1. The van der Waals surface area contributed by atoms with Crippen molar-refractivity contribution in [3.8, 4) is 0 Å². The van der Waals surface area contributed by atoms with Gasteiger partial charge in [-0.25, -0.2) is 12.8 Å². The molecule has 0 radical (unpaired) electrons. The van der Waals surface area contributed by atoms with Crippen LogP contribution in [-0.4, -0.2) is 60.8 Å². The van der Waals surface area contributed by atoms with E-state index in [1.54, 1.807) is 52.5 Å². The van der Waals surface area contributed by atoms with Crippen LogP contribution in [0.4, 0.5) is 10.1 Å². The van der Waals surface area contributed by atoms with Crippen molar-refractivity contribution < 1.29 is 17.6 Å². The summed E-state index contributed by atoms with van der Waals surface area (Å²) in [4.78, 5) is 17.1. The quantitative estimate of drug-likeness (QED) is 0.494. The Kier molecular flexibility index (Phi) is 8.48. The first-order chi connectivity index (χ1) is 17.2. The summed E-state index contributed by atoms with van der Waals surface area (Å²) in [5, 5.41) is 0. The van der Waals surface area contributed by atoms with Crippen LogP contribution in [0.5, 0.6) is 0 Å². The molecule has 2 saturated heterocycles. The third kappa shape index (κ3) is 5.66. The van der Waals surface area contributed by atoms with Gasteiger partial charge < -0.3 is 9.80 Å². The lowest BCUT2D eigenvalue weighted by Gasteiger charge is -2.42. The van der Waals surface area contributed by atoms with E-state index in [0.717, 1.165) is 57.3 Å². The normalized spacial score (nSPS) is 23.0. The molecule has 3 atom stereocenters. The molecule has 36 heavy (non-hydrogen) atoms. The molecule has 0 saturated carbocycles. The molecule has 3 unspecified atom stereocenters. The first-order valence-electron chi connectivity index (χ1n) is 13.1. The Bertz CT molecular complexity index is 1120. The zero-order chi connectivity index (χ0) is 25.9. The van der Waals surface area contributed by atoms with Gasteiger partial charge in [-0.2, -0.15) is 4.31 Å². The number of amides is 1. The van der Waals surface area contributed by atoms with Crippen molar-refractivity contribution in [1.29, 1.82) is 0 Å². The van der Waals surface area contributed by atoms with E-state index in [1.807, 2.05) is 13.0 Å². The second kappa shape index (κ2) is 11.4. The standard InChI is InChI=1S/C28H38FN3O3S/c1-4-24(20-27-13-10-21(2)32(27)36(34,35)28-8-6-5-7-9-28)30-18-16-26(17-19-30)31(22(3)33)25-14-11-23(29)12-15-25/h5-9,11-12,14-15,21,24,26-27H,4,10,13,16-20H2,1-3H3. The van der Waals surface area contributed by atoms with Gasteiger partial charge in [0.25, 0.3) is 0 Å². The SMILES string of the molecule is CCC(CC1CCC(C)N1S(=O)(=O)c1ccccc1)N1CCC(N(C(C)=O)c2ccc(F)cc2)CC1. The lowest BCUT2D eigenvalue weighted by molar-refractivity contribution is -0.117. The summed E-state index contributed by atoms with van der Waals surface area (Å²) in [7, 11) is -3.54. The highest BCUT2D eigenvalue weighted by atomic mass is 32.2. The van der Waals surface area contributed by atoms with Gasteiger partial charge in [0.15, 0.2) is 0 Å². The van der Waals surface area contributed by atoms with Crippen molar-refractivity contribution in [2.75, 3.05) is 18.0 Å². The van der Waals surface area contributed by atoms with Gasteiger partial charge in [-0.3, -0.25) is 4.79 Å². The van der Waals surface area contributed by atoms with Crippen LogP contribution in [0, 0.1) is 5.82 Å². The number of hydrogen-bond donors (Lipinski definition) is 0. The Labute approximate surface area is 215 Å². The molecular formula is C28H38FN3O3S. The molecule has 196 valence electrons. The molecule has 2 aliphatic rings. The van der Waals surface area contributed by atoms with Crippen molar-refractivity contribution in [3.05, 3.63) is 60.4 Å². The number of piperidine rings is 1. The maximum atomic E-state index is 13.5. The fourth-order valence-corrected chi connectivity index (χ4v) is 7.97. The molecule has 2 heterocycles. The van der Waals surface area contributed by atoms with Crippen LogP contribution in [0.1, 0.15) is 59.3 Å². The molecule has 0 spiro atoms. The number of hydrogen-bond acceptors (Lipinski definition) is 4. The molecule has 0 aromatic heterocycles. The van der Waals surface area contributed by atoms with Crippen LogP contribution < -0.4 is 4.90 Å². The summed E-state index contributed by atoms with van der Waals surface area (Å²) >= 11 is 0. The number of sulfonamides is 1. The summed E-state index contributed by atoms with van der Waals surface area (Å²) in [5.41, 5.74) is 0.732. The third-order valence-corrected chi connectivity index (χ3v) is 9.95. The Hall–Kier alpha value is -2.29. The maximum Gasteiger partial charge on any atom is 0.243 e. The molecule has 1 amide bonds. The van der Waals surface area contributed by atoms with E-state index in [1.165, 1.54) is 12.1 Å². The maximum absolute atomic E-state index is 13.5. The fourth-order valence-electron chi connectivity index (χ4n) is 6.07. The van der Waals surface area contributed by atoms with E-state index in [-0.39, 0.29) is 35.9 Å². The van der Waals surface area contributed by atoms with Gasteiger partial charge in [-0.15, -0.1) is 0 Å². The van der Waals surface area contributed by atoms with Gasteiger partial charge in [0.2, 0.25) is 15.9 Å². The van der Waals surface area contributed by atoms with Gasteiger partial charge in [0.05, 0.1) is 4.90 Å². The summed E-state index contributed by atoms with van der Waals surface area (Å²) in [6.07, 6.45) is 5.18. The first kappa shape index (κ1) is 26.8. The van der Waals surface area contributed by atoms with E-state index >= 15 is 0 Å². The molecule has 6 nitrogen and oxygen atoms in total. The predicted octanol–water partition coefficient (Wildman–Crippen LogP) is 5.05. The fraction of sp³-hybridized carbons (Fsp3) is 0.536. The largest absolute Gasteiger partial charge is 0.310 e. The topological polar surface area (TPSA) is 60.9 Å². The summed E-state index contributed by atoms with van der Waals surface area (Å²) in [6.45, 7) is 7.45. The molecule has 4 rings (SSSR count). The highest BCUT2D eigenvalue weighted by Crippen LogP contribution is 2.35. The van der Waals surface area contributed by atoms with E-state index < -0.39 is 10.0 Å². The minimum Gasteiger partial charge on any atom is -0.310 e. The number of likely N-dealkylation sites (tertiary alicyclic amines) is 1.